The van der Waals surface area contributed by atoms with Gasteiger partial charge in [-0.2, -0.15) is 0 Å². The van der Waals surface area contributed by atoms with Crippen molar-refractivity contribution >= 4 is 34.7 Å². The lowest BCUT2D eigenvalue weighted by Crippen LogP contribution is -1.97. The summed E-state index contributed by atoms with van der Waals surface area (Å²) in [6.45, 7) is 0. The Hall–Kier alpha value is -2.99. The van der Waals surface area contributed by atoms with Crippen LogP contribution in [0.2, 0.25) is 0 Å². The first kappa shape index (κ1) is 15.9. The van der Waals surface area contributed by atoms with Gasteiger partial charge in [0.05, 0.1) is 4.92 Å². The van der Waals surface area contributed by atoms with Crippen molar-refractivity contribution in [3.63, 3.8) is 0 Å². The molecule has 3 aromatic carbocycles. The molecule has 0 aromatic heterocycles. The first-order chi connectivity index (χ1) is 11.7. The van der Waals surface area contributed by atoms with E-state index >= 15 is 0 Å². The number of nitrogens with one attached hydrogen (secondary N) is 2. The van der Waals surface area contributed by atoms with E-state index in [1.165, 1.54) is 11.9 Å². The Bertz CT molecular complexity index is 826. The maximum atomic E-state index is 11.4. The molecule has 3 rings (SSSR count). The molecule has 0 unspecified atom stereocenters. The lowest BCUT2D eigenvalue weighted by Gasteiger charge is -2.09. The van der Waals surface area contributed by atoms with Gasteiger partial charge in [-0.3, -0.25) is 10.1 Å². The summed E-state index contributed by atoms with van der Waals surface area (Å²) in [6, 6.07) is 24.2. The van der Waals surface area contributed by atoms with E-state index in [4.69, 9.17) is 0 Å². The third kappa shape index (κ3) is 4.05. The summed E-state index contributed by atoms with van der Waals surface area (Å²) < 4.78 is 3.17. The quantitative estimate of drug-likeness (QED) is 0.355. The highest BCUT2D eigenvalue weighted by atomic mass is 32.2. The molecular formula is C18H15N3O2S. The van der Waals surface area contributed by atoms with Gasteiger partial charge in [0.2, 0.25) is 0 Å². The maximum Gasteiger partial charge on any atom is 0.293 e. The predicted octanol–water partition coefficient (Wildman–Crippen LogP) is 5.46. The number of hydrogen-bond acceptors (Lipinski definition) is 5. The summed E-state index contributed by atoms with van der Waals surface area (Å²) in [5.41, 5.74) is 2.26. The first-order valence-corrected chi connectivity index (χ1v) is 8.12. The number of nitrogens with zero attached hydrogens (tertiary/aromatic N) is 1. The van der Waals surface area contributed by atoms with E-state index in [2.05, 4.69) is 10.0 Å². The molecule has 120 valence electrons. The molecule has 0 saturated carbocycles. The molecule has 0 aliphatic rings. The van der Waals surface area contributed by atoms with E-state index < -0.39 is 0 Å². The van der Waals surface area contributed by atoms with Crippen LogP contribution in [0.1, 0.15) is 0 Å². The Kier molecular flexibility index (Phi) is 4.98. The maximum absolute atomic E-state index is 11.4. The Morgan fingerprint density at radius 2 is 1.46 bits per heavy atom. The van der Waals surface area contributed by atoms with Gasteiger partial charge in [0.25, 0.3) is 5.69 Å². The highest BCUT2D eigenvalue weighted by Crippen LogP contribution is 2.32. The summed E-state index contributed by atoms with van der Waals surface area (Å²) in [7, 11) is 0. The number of nitro benzene ring substituents is 1. The van der Waals surface area contributed by atoms with Gasteiger partial charge in [-0.05, 0) is 48.3 Å². The van der Waals surface area contributed by atoms with Crippen molar-refractivity contribution in [2.75, 3.05) is 10.0 Å². The van der Waals surface area contributed by atoms with Gasteiger partial charge < -0.3 is 10.0 Å². The van der Waals surface area contributed by atoms with E-state index in [1.54, 1.807) is 12.1 Å². The van der Waals surface area contributed by atoms with Gasteiger partial charge in [0, 0.05) is 22.3 Å². The second-order valence-electron chi connectivity index (χ2n) is 5.00. The monoisotopic (exact) mass is 337 g/mol. The van der Waals surface area contributed by atoms with Crippen molar-refractivity contribution in [2.45, 2.75) is 4.90 Å². The minimum Gasteiger partial charge on any atom is -0.350 e. The molecule has 0 amide bonds. The third-order valence-corrected chi connectivity index (χ3v) is 4.11. The van der Waals surface area contributed by atoms with Crippen LogP contribution in [-0.4, -0.2) is 4.92 Å². The van der Waals surface area contributed by atoms with Crippen molar-refractivity contribution in [3.05, 3.63) is 89.0 Å². The van der Waals surface area contributed by atoms with Crippen LogP contribution in [-0.2, 0) is 0 Å². The average molecular weight is 337 g/mol. The molecule has 6 heteroatoms. The van der Waals surface area contributed by atoms with Crippen molar-refractivity contribution in [2.24, 2.45) is 0 Å². The van der Waals surface area contributed by atoms with Crippen LogP contribution in [0.4, 0.5) is 22.7 Å². The van der Waals surface area contributed by atoms with Crippen LogP contribution in [0.3, 0.4) is 0 Å². The first-order valence-electron chi connectivity index (χ1n) is 7.31. The lowest BCUT2D eigenvalue weighted by molar-refractivity contribution is -0.384. The van der Waals surface area contributed by atoms with E-state index in [0.29, 0.717) is 5.69 Å². The molecule has 0 aliphatic heterocycles. The fraction of sp³-hybridized carbons (Fsp3) is 0. The second-order valence-corrected chi connectivity index (χ2v) is 5.88. The molecule has 0 saturated heterocycles. The third-order valence-electron chi connectivity index (χ3n) is 3.28. The minimum absolute atomic E-state index is 0.0405. The van der Waals surface area contributed by atoms with Gasteiger partial charge in [-0.1, -0.05) is 36.4 Å². The largest absolute Gasteiger partial charge is 0.350 e. The normalized spacial score (nSPS) is 10.2. The molecule has 0 atom stereocenters. The SMILES string of the molecule is O=[N+]([O-])c1cc(SNc2ccccc2)ccc1Nc1ccccc1. The van der Waals surface area contributed by atoms with Crippen LogP contribution in [0, 0.1) is 10.1 Å². The number of benzene rings is 3. The Balaban J connectivity index is 1.78. The molecule has 2 N–H and O–H groups in total. The molecule has 3 aromatic rings. The van der Waals surface area contributed by atoms with Crippen LogP contribution in [0.15, 0.2) is 83.8 Å². The highest BCUT2D eigenvalue weighted by Gasteiger charge is 2.15. The zero-order valence-corrected chi connectivity index (χ0v) is 13.5. The second kappa shape index (κ2) is 7.52. The average Bonchev–Trinajstić information content (AvgIpc) is 2.62. The van der Waals surface area contributed by atoms with Crippen LogP contribution in [0.25, 0.3) is 0 Å². The summed E-state index contributed by atoms with van der Waals surface area (Å²) in [5.74, 6) is 0. The number of anilines is 3. The zero-order valence-electron chi connectivity index (χ0n) is 12.7. The molecule has 0 radical (unpaired) electrons. The fourth-order valence-corrected chi connectivity index (χ4v) is 2.81. The molecule has 0 bridgehead atoms. The highest BCUT2D eigenvalue weighted by molar-refractivity contribution is 8.00. The van der Waals surface area contributed by atoms with Crippen molar-refractivity contribution in [1.82, 2.24) is 0 Å². The lowest BCUT2D eigenvalue weighted by atomic mass is 10.2. The minimum atomic E-state index is -0.377. The molecular weight excluding hydrogens is 322 g/mol. The molecule has 0 heterocycles. The van der Waals surface area contributed by atoms with E-state index in [1.807, 2.05) is 66.7 Å². The summed E-state index contributed by atoms with van der Waals surface area (Å²) >= 11 is 1.34. The Labute approximate surface area is 144 Å². The molecule has 0 fully saturated rings. The summed E-state index contributed by atoms with van der Waals surface area (Å²) in [4.78, 5) is 11.8. The fourth-order valence-electron chi connectivity index (χ4n) is 2.13. The van der Waals surface area contributed by atoms with Crippen molar-refractivity contribution in [1.29, 1.82) is 0 Å². The van der Waals surface area contributed by atoms with Gasteiger partial charge >= 0.3 is 0 Å². The Morgan fingerprint density at radius 1 is 0.833 bits per heavy atom. The topological polar surface area (TPSA) is 67.2 Å². The smallest absolute Gasteiger partial charge is 0.293 e. The molecule has 0 aliphatic carbocycles. The number of para-hydroxylation sites is 2. The van der Waals surface area contributed by atoms with Gasteiger partial charge in [-0.15, -0.1) is 0 Å². The number of nitro groups is 1. The van der Waals surface area contributed by atoms with E-state index in [-0.39, 0.29) is 10.6 Å². The number of hydrogen-bond donors (Lipinski definition) is 2. The van der Waals surface area contributed by atoms with Crippen molar-refractivity contribution < 1.29 is 4.92 Å². The Morgan fingerprint density at radius 3 is 2.08 bits per heavy atom. The summed E-state index contributed by atoms with van der Waals surface area (Å²) in [6.07, 6.45) is 0. The standard InChI is InChI=1S/C18H15N3O2S/c22-21(23)18-13-16(24-20-15-9-5-2-6-10-15)11-12-17(18)19-14-7-3-1-4-8-14/h1-13,19-20H. The van der Waals surface area contributed by atoms with Crippen LogP contribution in [0.5, 0.6) is 0 Å². The zero-order chi connectivity index (χ0) is 16.8. The summed E-state index contributed by atoms with van der Waals surface area (Å²) in [5, 5.41) is 14.5. The number of rotatable bonds is 6. The molecule has 5 nitrogen and oxygen atoms in total. The van der Waals surface area contributed by atoms with Crippen LogP contribution >= 0.6 is 11.9 Å². The van der Waals surface area contributed by atoms with E-state index in [9.17, 15) is 10.1 Å². The van der Waals surface area contributed by atoms with Crippen molar-refractivity contribution in [3.8, 4) is 0 Å². The van der Waals surface area contributed by atoms with Gasteiger partial charge in [0.15, 0.2) is 0 Å². The van der Waals surface area contributed by atoms with Gasteiger partial charge in [-0.25, -0.2) is 0 Å². The molecule has 0 spiro atoms. The molecule has 24 heavy (non-hydrogen) atoms. The van der Waals surface area contributed by atoms with E-state index in [0.717, 1.165) is 16.3 Å². The predicted molar refractivity (Wildman–Crippen MR) is 98.7 cm³/mol. The van der Waals surface area contributed by atoms with Gasteiger partial charge in [0.1, 0.15) is 5.69 Å². The van der Waals surface area contributed by atoms with Crippen LogP contribution < -0.4 is 10.0 Å².